The summed E-state index contributed by atoms with van der Waals surface area (Å²) in [6.07, 6.45) is 2.99. The molecule has 0 unspecified atom stereocenters. The number of H-pyrrole nitrogens is 1. The van der Waals surface area contributed by atoms with E-state index in [0.29, 0.717) is 0 Å². The minimum Gasteiger partial charge on any atom is -0.369 e. The van der Waals surface area contributed by atoms with Gasteiger partial charge in [0, 0.05) is 19.1 Å². The number of amides is 2. The second-order valence-electron chi connectivity index (χ2n) is 4.35. The van der Waals surface area contributed by atoms with E-state index < -0.39 is 0 Å². The van der Waals surface area contributed by atoms with Crippen LogP contribution in [0.4, 0.5) is 0 Å². The van der Waals surface area contributed by atoms with Crippen molar-refractivity contribution >= 4 is 11.8 Å². The van der Waals surface area contributed by atoms with Crippen LogP contribution in [0.15, 0.2) is 6.20 Å². The number of nitrogens with two attached hydrogens (primary N) is 1. The third-order valence-electron chi connectivity index (χ3n) is 2.95. The van der Waals surface area contributed by atoms with E-state index in [1.54, 1.807) is 0 Å². The molecule has 2 rings (SSSR count). The van der Waals surface area contributed by atoms with Gasteiger partial charge in [-0.15, -0.1) is 0 Å². The highest BCUT2D eigenvalue weighted by Crippen LogP contribution is 2.10. The first-order chi connectivity index (χ1) is 8.65. The van der Waals surface area contributed by atoms with Crippen LogP contribution in [0.5, 0.6) is 0 Å². The lowest BCUT2D eigenvalue weighted by atomic mass is 10.0. The fraction of sp³-hybridized carbons (Fsp3) is 0.600. The lowest BCUT2D eigenvalue weighted by Gasteiger charge is -2.31. The maximum absolute atomic E-state index is 11.7. The van der Waals surface area contributed by atoms with Gasteiger partial charge in [0.25, 0.3) is 5.91 Å². The first kappa shape index (κ1) is 12.5. The van der Waals surface area contributed by atoms with Crippen molar-refractivity contribution < 1.29 is 9.59 Å². The average molecular weight is 252 g/mol. The first-order valence-corrected chi connectivity index (χ1v) is 5.82. The van der Waals surface area contributed by atoms with Gasteiger partial charge in [-0.05, 0) is 12.8 Å². The molecule has 1 aromatic heterocycles. The predicted molar refractivity (Wildman–Crippen MR) is 62.5 cm³/mol. The molecule has 0 aliphatic carbocycles. The summed E-state index contributed by atoms with van der Waals surface area (Å²) in [5.74, 6) is -0.544. The van der Waals surface area contributed by atoms with E-state index in [0.717, 1.165) is 25.9 Å². The molecule has 8 nitrogen and oxygen atoms in total. The van der Waals surface area contributed by atoms with Crippen LogP contribution in [0, 0.1) is 0 Å². The molecule has 0 radical (unpaired) electrons. The third-order valence-corrected chi connectivity index (χ3v) is 2.95. The molecule has 0 spiro atoms. The summed E-state index contributed by atoms with van der Waals surface area (Å²) >= 11 is 0. The van der Waals surface area contributed by atoms with Crippen molar-refractivity contribution in [1.82, 2.24) is 25.6 Å². The molecule has 1 aliphatic heterocycles. The van der Waals surface area contributed by atoms with Crippen molar-refractivity contribution in [2.75, 3.05) is 19.6 Å². The summed E-state index contributed by atoms with van der Waals surface area (Å²) in [6.45, 7) is 1.79. The Morgan fingerprint density at radius 1 is 1.50 bits per heavy atom. The molecule has 1 fully saturated rings. The summed E-state index contributed by atoms with van der Waals surface area (Å²) in [7, 11) is 0. The summed E-state index contributed by atoms with van der Waals surface area (Å²) in [5, 5.41) is 12.6. The maximum atomic E-state index is 11.7. The van der Waals surface area contributed by atoms with Gasteiger partial charge < -0.3 is 11.1 Å². The van der Waals surface area contributed by atoms with Crippen LogP contribution < -0.4 is 11.1 Å². The second kappa shape index (κ2) is 5.58. The SMILES string of the molecule is NC(=O)CN1CCC(NC(=O)c2cn[nH]n2)CC1. The number of aromatic nitrogens is 3. The van der Waals surface area contributed by atoms with Crippen molar-refractivity contribution in [3.8, 4) is 0 Å². The fourth-order valence-electron chi connectivity index (χ4n) is 2.03. The van der Waals surface area contributed by atoms with Crippen molar-refractivity contribution in [2.45, 2.75) is 18.9 Å². The number of rotatable bonds is 4. The normalized spacial score (nSPS) is 17.6. The Bertz CT molecular complexity index is 410. The number of hydrogen-bond acceptors (Lipinski definition) is 5. The second-order valence-corrected chi connectivity index (χ2v) is 4.35. The molecule has 8 heteroatoms. The van der Waals surface area contributed by atoms with Crippen LogP contribution in [0.1, 0.15) is 23.3 Å². The number of carbonyl (C=O) groups is 2. The minimum absolute atomic E-state index is 0.110. The zero-order valence-corrected chi connectivity index (χ0v) is 9.93. The smallest absolute Gasteiger partial charge is 0.273 e. The Morgan fingerprint density at radius 3 is 2.78 bits per heavy atom. The number of piperidine rings is 1. The Labute approximate surface area is 104 Å². The van der Waals surface area contributed by atoms with Crippen LogP contribution in [-0.4, -0.2) is 57.8 Å². The highest BCUT2D eigenvalue weighted by Gasteiger charge is 2.22. The average Bonchev–Trinajstić information content (AvgIpc) is 2.84. The molecule has 1 aliphatic rings. The molecule has 98 valence electrons. The summed E-state index contributed by atoms with van der Waals surface area (Å²) in [5.41, 5.74) is 5.42. The van der Waals surface area contributed by atoms with E-state index in [-0.39, 0.29) is 30.1 Å². The number of hydrogen-bond donors (Lipinski definition) is 3. The highest BCUT2D eigenvalue weighted by atomic mass is 16.2. The van der Waals surface area contributed by atoms with E-state index >= 15 is 0 Å². The molecule has 1 saturated heterocycles. The predicted octanol–water partition coefficient (Wildman–Crippen LogP) is -1.52. The van der Waals surface area contributed by atoms with Crippen LogP contribution in [0.2, 0.25) is 0 Å². The van der Waals surface area contributed by atoms with Gasteiger partial charge in [0.1, 0.15) is 0 Å². The van der Waals surface area contributed by atoms with Gasteiger partial charge in [0.2, 0.25) is 5.91 Å². The van der Waals surface area contributed by atoms with Crippen LogP contribution in [-0.2, 0) is 4.79 Å². The summed E-state index contributed by atoms with van der Waals surface area (Å²) in [6, 6.07) is 0.110. The summed E-state index contributed by atoms with van der Waals surface area (Å²) < 4.78 is 0. The van der Waals surface area contributed by atoms with Crippen LogP contribution in [0.25, 0.3) is 0 Å². The lowest BCUT2D eigenvalue weighted by molar-refractivity contribution is -0.119. The van der Waals surface area contributed by atoms with E-state index in [1.165, 1.54) is 6.20 Å². The number of primary amides is 1. The zero-order chi connectivity index (χ0) is 13.0. The van der Waals surface area contributed by atoms with E-state index in [1.807, 2.05) is 4.90 Å². The zero-order valence-electron chi connectivity index (χ0n) is 9.93. The number of aromatic amines is 1. The molecule has 0 atom stereocenters. The molecule has 2 heterocycles. The largest absolute Gasteiger partial charge is 0.369 e. The number of likely N-dealkylation sites (tertiary alicyclic amines) is 1. The maximum Gasteiger partial charge on any atom is 0.273 e. The van der Waals surface area contributed by atoms with Gasteiger partial charge in [0.15, 0.2) is 5.69 Å². The van der Waals surface area contributed by atoms with Gasteiger partial charge >= 0.3 is 0 Å². The highest BCUT2D eigenvalue weighted by molar-refractivity contribution is 5.92. The summed E-state index contributed by atoms with van der Waals surface area (Å²) in [4.78, 5) is 24.5. The van der Waals surface area contributed by atoms with Crippen LogP contribution >= 0.6 is 0 Å². The molecule has 0 bridgehead atoms. The fourth-order valence-corrected chi connectivity index (χ4v) is 2.03. The standard InChI is InChI=1S/C10H16N6O2/c11-9(17)6-16-3-1-7(2-4-16)13-10(18)8-5-12-15-14-8/h5,7H,1-4,6H2,(H2,11,17)(H,13,18)(H,12,14,15). The number of carbonyl (C=O) groups excluding carboxylic acids is 2. The topological polar surface area (TPSA) is 117 Å². The molecular formula is C10H16N6O2. The Balaban J connectivity index is 1.77. The van der Waals surface area contributed by atoms with Crippen molar-refractivity contribution in [2.24, 2.45) is 5.73 Å². The lowest BCUT2D eigenvalue weighted by Crippen LogP contribution is -2.46. The van der Waals surface area contributed by atoms with E-state index in [4.69, 9.17) is 5.73 Å². The van der Waals surface area contributed by atoms with Gasteiger partial charge in [-0.2, -0.15) is 15.4 Å². The molecule has 2 amide bonds. The minimum atomic E-state index is -0.319. The van der Waals surface area contributed by atoms with E-state index in [9.17, 15) is 9.59 Å². The van der Waals surface area contributed by atoms with Gasteiger partial charge in [-0.3, -0.25) is 14.5 Å². The van der Waals surface area contributed by atoms with Gasteiger partial charge in [-0.1, -0.05) is 0 Å². The Kier molecular flexibility index (Phi) is 3.88. The Morgan fingerprint density at radius 2 is 2.22 bits per heavy atom. The van der Waals surface area contributed by atoms with E-state index in [2.05, 4.69) is 20.7 Å². The number of nitrogens with zero attached hydrogens (tertiary/aromatic N) is 3. The molecule has 1 aromatic rings. The monoisotopic (exact) mass is 252 g/mol. The number of nitrogens with one attached hydrogen (secondary N) is 2. The first-order valence-electron chi connectivity index (χ1n) is 5.82. The quantitative estimate of drug-likeness (QED) is 0.602. The molecule has 0 aromatic carbocycles. The molecular weight excluding hydrogens is 236 g/mol. The molecule has 4 N–H and O–H groups in total. The van der Waals surface area contributed by atoms with Crippen molar-refractivity contribution in [3.63, 3.8) is 0 Å². The molecule has 18 heavy (non-hydrogen) atoms. The molecule has 0 saturated carbocycles. The van der Waals surface area contributed by atoms with Gasteiger partial charge in [-0.25, -0.2) is 0 Å². The van der Waals surface area contributed by atoms with Crippen molar-refractivity contribution in [1.29, 1.82) is 0 Å². The van der Waals surface area contributed by atoms with Gasteiger partial charge in [0.05, 0.1) is 12.7 Å². The van der Waals surface area contributed by atoms with Crippen LogP contribution in [0.3, 0.4) is 0 Å². The Hall–Kier alpha value is -1.96. The van der Waals surface area contributed by atoms with Crippen molar-refractivity contribution in [3.05, 3.63) is 11.9 Å². The third kappa shape index (κ3) is 3.27.